The Hall–Kier alpha value is -0.900. The summed E-state index contributed by atoms with van der Waals surface area (Å²) in [6.45, 7) is 5.08. The maximum absolute atomic E-state index is 11.7. The van der Waals surface area contributed by atoms with E-state index in [2.05, 4.69) is 20.9 Å². The van der Waals surface area contributed by atoms with Crippen molar-refractivity contribution in [1.29, 1.82) is 0 Å². The number of aromatic nitrogens is 1. The van der Waals surface area contributed by atoms with Crippen LogP contribution in [0.4, 0.5) is 0 Å². The third-order valence-electron chi connectivity index (χ3n) is 2.11. The van der Waals surface area contributed by atoms with Crippen molar-refractivity contribution < 1.29 is 4.79 Å². The molecule has 3 nitrogen and oxygen atoms in total. The number of alkyl halides is 1. The van der Waals surface area contributed by atoms with Crippen LogP contribution in [-0.4, -0.2) is 27.2 Å². The lowest BCUT2D eigenvalue weighted by atomic mass is 10.3. The van der Waals surface area contributed by atoms with Crippen LogP contribution in [0.5, 0.6) is 0 Å². The Balaban J connectivity index is 2.66. The van der Waals surface area contributed by atoms with Gasteiger partial charge in [0.1, 0.15) is 0 Å². The first-order valence-corrected chi connectivity index (χ1v) is 5.89. The van der Waals surface area contributed by atoms with E-state index in [1.54, 1.807) is 11.1 Å². The highest BCUT2D eigenvalue weighted by Gasteiger charge is 2.16. The molecule has 1 atom stereocenters. The number of hydrogen-bond donors (Lipinski definition) is 0. The highest BCUT2D eigenvalue weighted by molar-refractivity contribution is 9.10. The molecular formula is C11H15BrN2O. The van der Waals surface area contributed by atoms with Crippen LogP contribution < -0.4 is 0 Å². The number of rotatable bonds is 4. The molecule has 0 spiro atoms. The van der Waals surface area contributed by atoms with Crippen LogP contribution in [0.1, 0.15) is 19.5 Å². The van der Waals surface area contributed by atoms with Gasteiger partial charge in [-0.15, -0.1) is 0 Å². The van der Waals surface area contributed by atoms with E-state index in [-0.39, 0.29) is 10.7 Å². The van der Waals surface area contributed by atoms with E-state index in [1.807, 2.05) is 32.0 Å². The fourth-order valence-electron chi connectivity index (χ4n) is 1.28. The second kappa shape index (κ2) is 5.85. The molecule has 0 aliphatic rings. The zero-order valence-corrected chi connectivity index (χ0v) is 10.6. The van der Waals surface area contributed by atoms with E-state index in [1.165, 1.54) is 0 Å². The number of carbonyl (C=O) groups is 1. The van der Waals surface area contributed by atoms with Gasteiger partial charge >= 0.3 is 0 Å². The zero-order chi connectivity index (χ0) is 11.3. The monoisotopic (exact) mass is 270 g/mol. The lowest BCUT2D eigenvalue weighted by Gasteiger charge is -2.21. The summed E-state index contributed by atoms with van der Waals surface area (Å²) in [5.74, 6) is 0.100. The van der Waals surface area contributed by atoms with Gasteiger partial charge in [0.15, 0.2) is 0 Å². The highest BCUT2D eigenvalue weighted by atomic mass is 79.9. The quantitative estimate of drug-likeness (QED) is 0.787. The van der Waals surface area contributed by atoms with Gasteiger partial charge in [-0.3, -0.25) is 9.78 Å². The van der Waals surface area contributed by atoms with Gasteiger partial charge in [-0.1, -0.05) is 22.0 Å². The van der Waals surface area contributed by atoms with Crippen molar-refractivity contribution >= 4 is 21.8 Å². The van der Waals surface area contributed by atoms with Gasteiger partial charge in [-0.05, 0) is 26.0 Å². The third-order valence-corrected chi connectivity index (χ3v) is 2.50. The van der Waals surface area contributed by atoms with Gasteiger partial charge in [0.2, 0.25) is 5.91 Å². The molecular weight excluding hydrogens is 256 g/mol. The molecule has 0 saturated heterocycles. The van der Waals surface area contributed by atoms with Gasteiger partial charge < -0.3 is 4.90 Å². The highest BCUT2D eigenvalue weighted by Crippen LogP contribution is 2.07. The summed E-state index contributed by atoms with van der Waals surface area (Å²) in [4.78, 5) is 17.6. The van der Waals surface area contributed by atoms with Crippen molar-refractivity contribution in [1.82, 2.24) is 9.88 Å². The fraction of sp³-hybridized carbons (Fsp3) is 0.455. The summed E-state index contributed by atoms with van der Waals surface area (Å²) < 4.78 is 0. The van der Waals surface area contributed by atoms with Crippen molar-refractivity contribution in [2.24, 2.45) is 0 Å². The summed E-state index contributed by atoms with van der Waals surface area (Å²) in [6.07, 6.45) is 1.74. The van der Waals surface area contributed by atoms with Crippen molar-refractivity contribution in [3.05, 3.63) is 30.1 Å². The smallest absolute Gasteiger partial charge is 0.236 e. The van der Waals surface area contributed by atoms with Crippen LogP contribution in [0.2, 0.25) is 0 Å². The Morgan fingerprint density at radius 1 is 1.60 bits per heavy atom. The van der Waals surface area contributed by atoms with Gasteiger partial charge in [-0.25, -0.2) is 0 Å². The molecule has 0 aliphatic heterocycles. The van der Waals surface area contributed by atoms with E-state index in [0.29, 0.717) is 13.1 Å². The van der Waals surface area contributed by atoms with Crippen molar-refractivity contribution in [3.8, 4) is 0 Å². The minimum absolute atomic E-state index is 0.100. The molecule has 1 aromatic heterocycles. The maximum Gasteiger partial charge on any atom is 0.236 e. The lowest BCUT2D eigenvalue weighted by Crippen LogP contribution is -2.35. The lowest BCUT2D eigenvalue weighted by molar-refractivity contribution is -0.130. The molecule has 0 aliphatic carbocycles. The number of pyridine rings is 1. The number of halogens is 1. The minimum atomic E-state index is -0.138. The second-order valence-corrected chi connectivity index (χ2v) is 4.66. The molecule has 0 saturated carbocycles. The molecule has 0 fully saturated rings. The van der Waals surface area contributed by atoms with Crippen LogP contribution in [-0.2, 0) is 11.3 Å². The first kappa shape index (κ1) is 12.2. The molecule has 82 valence electrons. The summed E-state index contributed by atoms with van der Waals surface area (Å²) in [5.41, 5.74) is 0.917. The van der Waals surface area contributed by atoms with E-state index >= 15 is 0 Å². The van der Waals surface area contributed by atoms with Crippen LogP contribution in [0, 0.1) is 0 Å². The number of hydrogen-bond acceptors (Lipinski definition) is 2. The fourth-order valence-corrected chi connectivity index (χ4v) is 1.57. The average molecular weight is 271 g/mol. The SMILES string of the molecule is CCN(Cc1ccccn1)C(=O)C(C)Br. The summed E-state index contributed by atoms with van der Waals surface area (Å²) in [5, 5.41) is 0. The standard InChI is InChI=1S/C11H15BrN2O/c1-3-14(11(15)9(2)12)8-10-6-4-5-7-13-10/h4-7,9H,3,8H2,1-2H3. The normalized spacial score (nSPS) is 12.2. The molecule has 4 heteroatoms. The summed E-state index contributed by atoms with van der Waals surface area (Å²) in [6, 6.07) is 5.72. The van der Waals surface area contributed by atoms with Gasteiger partial charge in [-0.2, -0.15) is 0 Å². The molecule has 1 heterocycles. The molecule has 0 bridgehead atoms. The topological polar surface area (TPSA) is 33.2 Å². The molecule has 1 rings (SSSR count). The summed E-state index contributed by atoms with van der Waals surface area (Å²) >= 11 is 3.28. The Labute approximate surface area is 98.6 Å². The number of amides is 1. The van der Waals surface area contributed by atoms with Gasteiger partial charge in [0, 0.05) is 12.7 Å². The Bertz CT molecular complexity index is 314. The Kier molecular flexibility index (Phi) is 4.75. The first-order chi connectivity index (χ1) is 7.15. The van der Waals surface area contributed by atoms with Gasteiger partial charge in [0.05, 0.1) is 17.1 Å². The molecule has 15 heavy (non-hydrogen) atoms. The molecule has 1 amide bonds. The predicted octanol–water partition coefficient (Wildman–Crippen LogP) is 2.21. The van der Waals surface area contributed by atoms with Crippen LogP contribution in [0.3, 0.4) is 0 Å². The minimum Gasteiger partial charge on any atom is -0.336 e. The molecule has 0 aromatic carbocycles. The van der Waals surface area contributed by atoms with E-state index in [4.69, 9.17) is 0 Å². The van der Waals surface area contributed by atoms with Crippen LogP contribution >= 0.6 is 15.9 Å². The van der Waals surface area contributed by atoms with Crippen molar-refractivity contribution in [3.63, 3.8) is 0 Å². The molecule has 1 unspecified atom stereocenters. The number of carbonyl (C=O) groups excluding carboxylic acids is 1. The van der Waals surface area contributed by atoms with Gasteiger partial charge in [0.25, 0.3) is 0 Å². The van der Waals surface area contributed by atoms with Crippen LogP contribution in [0.15, 0.2) is 24.4 Å². The second-order valence-electron chi connectivity index (χ2n) is 3.29. The molecule has 0 radical (unpaired) electrons. The summed E-state index contributed by atoms with van der Waals surface area (Å²) in [7, 11) is 0. The predicted molar refractivity (Wildman–Crippen MR) is 63.7 cm³/mol. The zero-order valence-electron chi connectivity index (χ0n) is 8.98. The largest absolute Gasteiger partial charge is 0.336 e. The van der Waals surface area contributed by atoms with Crippen molar-refractivity contribution in [2.45, 2.75) is 25.2 Å². The van der Waals surface area contributed by atoms with E-state index in [9.17, 15) is 4.79 Å². The van der Waals surface area contributed by atoms with E-state index < -0.39 is 0 Å². The maximum atomic E-state index is 11.7. The third kappa shape index (κ3) is 3.63. The molecule has 0 N–H and O–H groups in total. The molecule has 1 aromatic rings. The Morgan fingerprint density at radius 3 is 2.80 bits per heavy atom. The average Bonchev–Trinajstić information content (AvgIpc) is 2.26. The Morgan fingerprint density at radius 2 is 2.33 bits per heavy atom. The van der Waals surface area contributed by atoms with Crippen LogP contribution in [0.25, 0.3) is 0 Å². The first-order valence-electron chi connectivity index (χ1n) is 4.98. The van der Waals surface area contributed by atoms with Crippen molar-refractivity contribution in [2.75, 3.05) is 6.54 Å². The number of nitrogens with zero attached hydrogens (tertiary/aromatic N) is 2. The van der Waals surface area contributed by atoms with E-state index in [0.717, 1.165) is 5.69 Å².